The largest absolute Gasteiger partial charge is 0.496 e. The summed E-state index contributed by atoms with van der Waals surface area (Å²) in [5.74, 6) is 2.21. The number of anilines is 3. The van der Waals surface area contributed by atoms with Crippen molar-refractivity contribution in [1.82, 2.24) is 14.9 Å². The fourth-order valence-corrected chi connectivity index (χ4v) is 4.77. The number of rotatable bonds is 10. The molecule has 1 aliphatic rings. The van der Waals surface area contributed by atoms with E-state index in [1.807, 2.05) is 50.5 Å². The molecular weight excluding hydrogens is 478 g/mol. The minimum atomic E-state index is -0.539. The average Bonchev–Trinajstić information content (AvgIpc) is 3.48. The topological polar surface area (TPSA) is 83.0 Å². The monoisotopic (exact) mass is 513 g/mol. The maximum atomic E-state index is 10.8. The number of aromatic nitrogens is 2. The molecule has 1 fully saturated rings. The van der Waals surface area contributed by atoms with E-state index in [9.17, 15) is 5.11 Å². The van der Waals surface area contributed by atoms with Gasteiger partial charge in [0.05, 0.1) is 12.6 Å². The van der Waals surface area contributed by atoms with Crippen LogP contribution in [0.2, 0.25) is 0 Å². The van der Waals surface area contributed by atoms with Gasteiger partial charge < -0.3 is 24.8 Å². The summed E-state index contributed by atoms with van der Waals surface area (Å²) in [5, 5.41) is 15.1. The molecule has 0 bridgehead atoms. The smallest absolute Gasteiger partial charge is 0.141 e. The second-order valence-electron chi connectivity index (χ2n) is 9.83. The van der Waals surface area contributed by atoms with Crippen molar-refractivity contribution in [3.63, 3.8) is 0 Å². The molecule has 2 heterocycles. The Morgan fingerprint density at radius 2 is 1.74 bits per heavy atom. The highest BCUT2D eigenvalue weighted by Gasteiger charge is 2.22. The Morgan fingerprint density at radius 1 is 1.00 bits per heavy atom. The molecule has 0 aliphatic carbocycles. The number of hydrogen-bond donors (Lipinski definition) is 2. The molecule has 1 aliphatic heterocycles. The normalized spacial score (nSPS) is 14.4. The first-order valence-corrected chi connectivity index (χ1v) is 13.0. The fourth-order valence-electron chi connectivity index (χ4n) is 4.77. The second-order valence-corrected chi connectivity index (χ2v) is 9.83. The third-order valence-corrected chi connectivity index (χ3v) is 6.98. The average molecular weight is 514 g/mol. The quantitative estimate of drug-likeness (QED) is 0.307. The Kier molecular flexibility index (Phi) is 7.91. The van der Waals surface area contributed by atoms with Crippen molar-refractivity contribution < 1.29 is 14.6 Å². The zero-order valence-corrected chi connectivity index (χ0v) is 22.2. The lowest BCUT2D eigenvalue weighted by Gasteiger charge is -2.23. The van der Waals surface area contributed by atoms with Gasteiger partial charge in [0.15, 0.2) is 0 Å². The number of benzene rings is 3. The number of nitrogens with zero attached hydrogens (tertiary/aromatic N) is 4. The van der Waals surface area contributed by atoms with Gasteiger partial charge in [-0.25, -0.2) is 9.97 Å². The first kappa shape index (κ1) is 25.8. The van der Waals surface area contributed by atoms with Crippen LogP contribution in [0.15, 0.2) is 67.0 Å². The third-order valence-electron chi connectivity index (χ3n) is 6.98. The molecular formula is C30H35N5O3. The maximum Gasteiger partial charge on any atom is 0.141 e. The molecule has 5 rings (SSSR count). The lowest BCUT2D eigenvalue weighted by atomic mass is 10.1. The second kappa shape index (κ2) is 11.7. The molecule has 8 heteroatoms. The summed E-state index contributed by atoms with van der Waals surface area (Å²) in [4.78, 5) is 13.1. The van der Waals surface area contributed by atoms with E-state index < -0.39 is 6.23 Å². The Labute approximate surface area is 223 Å². The van der Waals surface area contributed by atoms with Crippen LogP contribution < -0.4 is 19.7 Å². The highest BCUT2D eigenvalue weighted by atomic mass is 16.5. The summed E-state index contributed by atoms with van der Waals surface area (Å²) in [6.07, 6.45) is 3.74. The number of likely N-dealkylation sites (tertiary alicyclic amines) is 1. The SMILES string of the molecule is COc1cc2ncnc(Nc3ccc(OCc4ccc(N(C)C)cc4)cc3)c2cc1CC(O)N1CCCC1. The number of hydrogen-bond acceptors (Lipinski definition) is 8. The van der Waals surface area contributed by atoms with Crippen LogP contribution in [0.25, 0.3) is 10.9 Å². The molecule has 1 atom stereocenters. The maximum absolute atomic E-state index is 10.8. The van der Waals surface area contributed by atoms with Gasteiger partial charge in [0.25, 0.3) is 0 Å². The predicted octanol–water partition coefficient (Wildman–Crippen LogP) is 4.98. The first-order chi connectivity index (χ1) is 18.5. The number of methoxy groups -OCH3 is 1. The molecule has 1 aromatic heterocycles. The van der Waals surface area contributed by atoms with Crippen LogP contribution in [0.5, 0.6) is 11.5 Å². The van der Waals surface area contributed by atoms with Crippen molar-refractivity contribution in [2.24, 2.45) is 0 Å². The number of ether oxygens (including phenoxy) is 2. The zero-order valence-electron chi connectivity index (χ0n) is 22.2. The fraction of sp³-hybridized carbons (Fsp3) is 0.333. The molecule has 1 unspecified atom stereocenters. The van der Waals surface area contributed by atoms with Crippen molar-refractivity contribution >= 4 is 28.1 Å². The lowest BCUT2D eigenvalue weighted by molar-refractivity contribution is 0.0209. The summed E-state index contributed by atoms with van der Waals surface area (Å²) >= 11 is 0. The molecule has 0 amide bonds. The molecule has 1 saturated heterocycles. The van der Waals surface area contributed by atoms with E-state index in [-0.39, 0.29) is 0 Å². The summed E-state index contributed by atoms with van der Waals surface area (Å²) in [5.41, 5.74) is 4.88. The van der Waals surface area contributed by atoms with Crippen LogP contribution in [0.3, 0.4) is 0 Å². The van der Waals surface area contributed by atoms with E-state index in [4.69, 9.17) is 9.47 Å². The molecule has 8 nitrogen and oxygen atoms in total. The van der Waals surface area contributed by atoms with Gasteiger partial charge in [0.1, 0.15) is 36.5 Å². The molecule has 38 heavy (non-hydrogen) atoms. The van der Waals surface area contributed by atoms with Crippen molar-refractivity contribution in [2.45, 2.75) is 32.1 Å². The lowest BCUT2D eigenvalue weighted by Crippen LogP contribution is -2.34. The third kappa shape index (κ3) is 5.98. The van der Waals surface area contributed by atoms with Crippen LogP contribution in [-0.4, -0.2) is 60.5 Å². The standard InChI is InChI=1S/C30H35N5O3/c1-34(2)24-10-6-21(7-11-24)19-38-25-12-8-23(9-13-25)33-30-26-16-22(17-29(36)35-14-4-5-15-35)28(37-3)18-27(26)31-20-32-30/h6-13,16,18,20,29,36H,4-5,14-15,17,19H2,1-3H3,(H,31,32,33). The van der Waals surface area contributed by atoms with Crippen LogP contribution in [0.1, 0.15) is 24.0 Å². The molecule has 0 saturated carbocycles. The van der Waals surface area contributed by atoms with Crippen molar-refractivity contribution in [1.29, 1.82) is 0 Å². The van der Waals surface area contributed by atoms with E-state index in [0.717, 1.165) is 70.8 Å². The van der Waals surface area contributed by atoms with E-state index in [1.54, 1.807) is 13.4 Å². The Bertz CT molecular complexity index is 1350. The minimum Gasteiger partial charge on any atom is -0.496 e. The number of nitrogens with one attached hydrogen (secondary N) is 1. The highest BCUT2D eigenvalue weighted by Crippen LogP contribution is 2.31. The summed E-state index contributed by atoms with van der Waals surface area (Å²) in [6, 6.07) is 20.1. The summed E-state index contributed by atoms with van der Waals surface area (Å²) in [6.45, 7) is 2.36. The van der Waals surface area contributed by atoms with Gasteiger partial charge in [-0.1, -0.05) is 12.1 Å². The van der Waals surface area contributed by atoms with Crippen LogP contribution in [0.4, 0.5) is 17.2 Å². The Hall–Kier alpha value is -3.88. The van der Waals surface area contributed by atoms with Gasteiger partial charge in [-0.2, -0.15) is 0 Å². The van der Waals surface area contributed by atoms with E-state index >= 15 is 0 Å². The van der Waals surface area contributed by atoms with Crippen LogP contribution >= 0.6 is 0 Å². The minimum absolute atomic E-state index is 0.483. The van der Waals surface area contributed by atoms with Gasteiger partial charge in [-0.3, -0.25) is 4.90 Å². The van der Waals surface area contributed by atoms with Gasteiger partial charge in [0.2, 0.25) is 0 Å². The summed E-state index contributed by atoms with van der Waals surface area (Å²) in [7, 11) is 5.71. The van der Waals surface area contributed by atoms with E-state index in [1.165, 1.54) is 0 Å². The molecule has 4 aromatic rings. The van der Waals surface area contributed by atoms with Crippen molar-refractivity contribution in [3.8, 4) is 11.5 Å². The van der Waals surface area contributed by atoms with Crippen molar-refractivity contribution in [2.75, 3.05) is 44.5 Å². The Morgan fingerprint density at radius 3 is 2.42 bits per heavy atom. The molecule has 0 radical (unpaired) electrons. The summed E-state index contributed by atoms with van der Waals surface area (Å²) < 4.78 is 11.6. The first-order valence-electron chi connectivity index (χ1n) is 13.0. The zero-order chi connectivity index (χ0) is 26.5. The molecule has 198 valence electrons. The van der Waals surface area contributed by atoms with E-state index in [2.05, 4.69) is 49.4 Å². The van der Waals surface area contributed by atoms with Crippen molar-refractivity contribution in [3.05, 3.63) is 78.1 Å². The number of aliphatic hydroxyl groups is 1. The van der Waals surface area contributed by atoms with E-state index in [0.29, 0.717) is 18.8 Å². The number of aliphatic hydroxyl groups excluding tert-OH is 1. The van der Waals surface area contributed by atoms with Gasteiger partial charge in [0, 0.05) is 56.4 Å². The molecule has 0 spiro atoms. The van der Waals surface area contributed by atoms with Gasteiger partial charge in [-0.05, 0) is 66.4 Å². The predicted molar refractivity (Wildman–Crippen MR) is 151 cm³/mol. The molecule has 3 aromatic carbocycles. The highest BCUT2D eigenvalue weighted by molar-refractivity contribution is 5.92. The van der Waals surface area contributed by atoms with Crippen LogP contribution in [0, 0.1) is 0 Å². The number of fused-ring (bicyclic) bond motifs is 1. The van der Waals surface area contributed by atoms with Crippen LogP contribution in [-0.2, 0) is 13.0 Å². The molecule has 2 N–H and O–H groups in total. The van der Waals surface area contributed by atoms with Gasteiger partial charge >= 0.3 is 0 Å². The van der Waals surface area contributed by atoms with Gasteiger partial charge in [-0.15, -0.1) is 0 Å². The Balaban J connectivity index is 1.29.